The zero-order chi connectivity index (χ0) is 15.6. The highest BCUT2D eigenvalue weighted by Gasteiger charge is 2.19. The number of nitrogens with two attached hydrogens (primary N) is 1. The molecule has 0 aliphatic carbocycles. The van der Waals surface area contributed by atoms with E-state index in [1.54, 1.807) is 0 Å². The summed E-state index contributed by atoms with van der Waals surface area (Å²) in [6, 6.07) is 7.91. The van der Waals surface area contributed by atoms with Crippen LogP contribution in [0, 0.1) is 18.6 Å². The molecule has 1 atom stereocenters. The third-order valence-corrected chi connectivity index (χ3v) is 4.81. The second-order valence-corrected chi connectivity index (χ2v) is 6.46. The van der Waals surface area contributed by atoms with Crippen molar-refractivity contribution in [1.29, 1.82) is 0 Å². The predicted octanol–water partition coefficient (Wildman–Crippen LogP) is 4.55. The number of rotatable bonds is 4. The molecule has 3 N–H and O–H groups in total. The van der Waals surface area contributed by atoms with Crippen molar-refractivity contribution in [2.24, 2.45) is 5.84 Å². The second-order valence-electron chi connectivity index (χ2n) is 4.75. The maximum absolute atomic E-state index is 14.1. The maximum Gasteiger partial charge on any atom is 0.143 e. The maximum atomic E-state index is 14.1. The molecule has 0 saturated heterocycles. The fourth-order valence-corrected chi connectivity index (χ4v) is 2.83. The van der Waals surface area contributed by atoms with Gasteiger partial charge in [-0.15, -0.1) is 0 Å². The summed E-state index contributed by atoms with van der Waals surface area (Å²) in [4.78, 5) is 0. The summed E-state index contributed by atoms with van der Waals surface area (Å²) < 4.78 is 29.1. The van der Waals surface area contributed by atoms with Gasteiger partial charge in [-0.2, -0.15) is 0 Å². The Hall–Kier alpha value is -0.820. The van der Waals surface area contributed by atoms with E-state index in [1.807, 2.05) is 25.1 Å². The fraction of sp³-hybridized carbons (Fsp3) is 0.200. The molecule has 0 saturated carbocycles. The predicted molar refractivity (Wildman–Crippen MR) is 86.7 cm³/mol. The average molecular weight is 420 g/mol. The smallest absolute Gasteiger partial charge is 0.143 e. The zero-order valence-electron chi connectivity index (χ0n) is 11.3. The minimum atomic E-state index is -0.596. The number of halogens is 4. The van der Waals surface area contributed by atoms with Gasteiger partial charge in [-0.25, -0.2) is 8.78 Å². The van der Waals surface area contributed by atoms with Gasteiger partial charge in [-0.05, 0) is 58.6 Å². The summed E-state index contributed by atoms with van der Waals surface area (Å²) in [5, 5.41) is 0. The number of nitrogens with one attached hydrogen (secondary N) is 1. The Morgan fingerprint density at radius 1 is 1.14 bits per heavy atom. The summed E-state index contributed by atoms with van der Waals surface area (Å²) in [5.74, 6) is 4.38. The molecular weight excluding hydrogens is 406 g/mol. The third-order valence-electron chi connectivity index (χ3n) is 3.35. The normalized spacial score (nSPS) is 12.5. The Kier molecular flexibility index (Phi) is 5.48. The van der Waals surface area contributed by atoms with Crippen molar-refractivity contribution in [3.05, 3.63) is 67.6 Å². The van der Waals surface area contributed by atoms with Crippen molar-refractivity contribution < 1.29 is 8.78 Å². The Morgan fingerprint density at radius 3 is 2.48 bits per heavy atom. The van der Waals surface area contributed by atoms with Gasteiger partial charge in [-0.1, -0.05) is 28.1 Å². The molecule has 0 fully saturated rings. The Morgan fingerprint density at radius 2 is 1.86 bits per heavy atom. The van der Waals surface area contributed by atoms with Gasteiger partial charge in [-0.3, -0.25) is 11.3 Å². The van der Waals surface area contributed by atoms with Crippen LogP contribution in [0.15, 0.2) is 39.3 Å². The monoisotopic (exact) mass is 418 g/mol. The van der Waals surface area contributed by atoms with Crippen LogP contribution in [0.1, 0.15) is 22.7 Å². The van der Waals surface area contributed by atoms with Crippen molar-refractivity contribution in [1.82, 2.24) is 5.43 Å². The van der Waals surface area contributed by atoms with Crippen LogP contribution in [0.4, 0.5) is 8.78 Å². The van der Waals surface area contributed by atoms with E-state index in [0.717, 1.165) is 15.6 Å². The number of hydrazine groups is 1. The molecular formula is C15H14Br2F2N2. The fourth-order valence-electron chi connectivity index (χ4n) is 2.06. The highest BCUT2D eigenvalue weighted by atomic mass is 79.9. The second kappa shape index (κ2) is 6.96. The van der Waals surface area contributed by atoms with E-state index in [1.165, 1.54) is 12.1 Å². The van der Waals surface area contributed by atoms with E-state index in [-0.39, 0.29) is 22.5 Å². The van der Waals surface area contributed by atoms with Gasteiger partial charge in [0, 0.05) is 10.0 Å². The average Bonchev–Trinajstić information content (AvgIpc) is 2.47. The van der Waals surface area contributed by atoms with Gasteiger partial charge in [0.2, 0.25) is 0 Å². The van der Waals surface area contributed by atoms with Crippen molar-refractivity contribution in [3.8, 4) is 0 Å². The molecule has 112 valence electrons. The third kappa shape index (κ3) is 3.69. The largest absolute Gasteiger partial charge is 0.271 e. The SMILES string of the molecule is Cc1ccc(C(Cc2c(F)ccc(Br)c2F)NN)cc1Br. The first-order valence-electron chi connectivity index (χ1n) is 6.28. The molecule has 0 amide bonds. The van der Waals surface area contributed by atoms with E-state index in [4.69, 9.17) is 5.84 Å². The molecule has 2 rings (SSSR count). The summed E-state index contributed by atoms with van der Waals surface area (Å²) in [6.07, 6.45) is 0.114. The summed E-state index contributed by atoms with van der Waals surface area (Å²) in [5.41, 5.74) is 4.56. The van der Waals surface area contributed by atoms with Crippen LogP contribution in [0.25, 0.3) is 0 Å². The van der Waals surface area contributed by atoms with Crippen LogP contribution in [0.5, 0.6) is 0 Å². The summed E-state index contributed by atoms with van der Waals surface area (Å²) in [6.45, 7) is 1.96. The molecule has 1 unspecified atom stereocenters. The van der Waals surface area contributed by atoms with Gasteiger partial charge in [0.15, 0.2) is 0 Å². The van der Waals surface area contributed by atoms with Crippen molar-refractivity contribution in [3.63, 3.8) is 0 Å². The van der Waals surface area contributed by atoms with E-state index in [0.29, 0.717) is 0 Å². The van der Waals surface area contributed by atoms with E-state index in [2.05, 4.69) is 37.3 Å². The van der Waals surface area contributed by atoms with Crippen LogP contribution in [0.2, 0.25) is 0 Å². The molecule has 0 radical (unpaired) electrons. The van der Waals surface area contributed by atoms with Crippen LogP contribution in [-0.2, 0) is 6.42 Å². The van der Waals surface area contributed by atoms with Crippen LogP contribution in [0.3, 0.4) is 0 Å². The first-order valence-corrected chi connectivity index (χ1v) is 7.87. The number of hydrogen-bond donors (Lipinski definition) is 2. The van der Waals surface area contributed by atoms with Crippen LogP contribution in [-0.4, -0.2) is 0 Å². The van der Waals surface area contributed by atoms with Gasteiger partial charge < -0.3 is 0 Å². The molecule has 2 aromatic carbocycles. The van der Waals surface area contributed by atoms with E-state index >= 15 is 0 Å². The minimum Gasteiger partial charge on any atom is -0.271 e. The lowest BCUT2D eigenvalue weighted by atomic mass is 9.98. The number of hydrogen-bond acceptors (Lipinski definition) is 2. The molecule has 0 aromatic heterocycles. The number of aryl methyl sites for hydroxylation is 1. The van der Waals surface area contributed by atoms with E-state index in [9.17, 15) is 8.78 Å². The summed E-state index contributed by atoms with van der Waals surface area (Å²) in [7, 11) is 0. The quantitative estimate of drug-likeness (QED) is 0.433. The first-order chi connectivity index (χ1) is 9.93. The molecule has 2 aromatic rings. The molecule has 6 heteroatoms. The molecule has 0 spiro atoms. The van der Waals surface area contributed by atoms with Gasteiger partial charge in [0.25, 0.3) is 0 Å². The lowest BCUT2D eigenvalue weighted by Gasteiger charge is -2.18. The molecule has 0 aliphatic rings. The highest BCUT2D eigenvalue weighted by molar-refractivity contribution is 9.10. The molecule has 0 aliphatic heterocycles. The van der Waals surface area contributed by atoms with Gasteiger partial charge in [0.05, 0.1) is 10.5 Å². The van der Waals surface area contributed by atoms with Crippen molar-refractivity contribution in [2.45, 2.75) is 19.4 Å². The van der Waals surface area contributed by atoms with Gasteiger partial charge >= 0.3 is 0 Å². The Bertz CT molecular complexity index is 662. The van der Waals surface area contributed by atoms with Crippen LogP contribution >= 0.6 is 31.9 Å². The Balaban J connectivity index is 2.35. The molecule has 0 heterocycles. The highest BCUT2D eigenvalue weighted by Crippen LogP contribution is 2.28. The lowest BCUT2D eigenvalue weighted by Crippen LogP contribution is -2.30. The molecule has 2 nitrogen and oxygen atoms in total. The van der Waals surface area contributed by atoms with Gasteiger partial charge in [0.1, 0.15) is 11.6 Å². The first kappa shape index (κ1) is 16.5. The zero-order valence-corrected chi connectivity index (χ0v) is 14.4. The minimum absolute atomic E-state index is 0.00372. The topological polar surface area (TPSA) is 38.0 Å². The standard InChI is InChI=1S/C15H14Br2F2N2/c1-8-2-3-9(6-12(8)17)14(21-20)7-10-13(18)5-4-11(16)15(10)19/h2-6,14,21H,7,20H2,1H3. The lowest BCUT2D eigenvalue weighted by molar-refractivity contribution is 0.497. The summed E-state index contributed by atoms with van der Waals surface area (Å²) >= 11 is 6.51. The number of benzene rings is 2. The van der Waals surface area contributed by atoms with Crippen molar-refractivity contribution >= 4 is 31.9 Å². The molecule has 0 bridgehead atoms. The van der Waals surface area contributed by atoms with Crippen molar-refractivity contribution in [2.75, 3.05) is 0 Å². The van der Waals surface area contributed by atoms with E-state index < -0.39 is 11.6 Å². The van der Waals surface area contributed by atoms with Crippen LogP contribution < -0.4 is 11.3 Å². The molecule has 21 heavy (non-hydrogen) atoms. The Labute approximate surface area is 139 Å².